The molecule has 4 heteroatoms. The van der Waals surface area contributed by atoms with E-state index in [4.69, 9.17) is 0 Å². The number of hydrogen-bond donors (Lipinski definition) is 1. The van der Waals surface area contributed by atoms with Crippen LogP contribution < -0.4 is 5.32 Å². The lowest BCUT2D eigenvalue weighted by Gasteiger charge is -2.18. The first kappa shape index (κ1) is 9.40. The first-order valence-electron chi connectivity index (χ1n) is 5.07. The number of rotatable bonds is 3. The van der Waals surface area contributed by atoms with E-state index < -0.39 is 0 Å². The second kappa shape index (κ2) is 4.37. The van der Waals surface area contributed by atoms with E-state index in [1.54, 1.807) is 6.33 Å². The molecule has 1 N–H and O–H groups in total. The van der Waals surface area contributed by atoms with Crippen LogP contribution in [-0.2, 0) is 13.6 Å². The smallest absolute Gasteiger partial charge is 0.146 e. The van der Waals surface area contributed by atoms with Gasteiger partial charge >= 0.3 is 0 Å². The molecular weight excluding hydrogens is 176 g/mol. The quantitative estimate of drug-likeness (QED) is 0.727. The predicted molar refractivity (Wildman–Crippen MR) is 54.6 cm³/mol. The van der Waals surface area contributed by atoms with E-state index in [2.05, 4.69) is 27.7 Å². The molecule has 1 heterocycles. The SMILES string of the molecule is Cn1cnnc1CNC1CC=CCC1. The summed E-state index contributed by atoms with van der Waals surface area (Å²) in [6, 6.07) is 0.608. The monoisotopic (exact) mass is 192 g/mol. The summed E-state index contributed by atoms with van der Waals surface area (Å²) < 4.78 is 1.95. The zero-order valence-electron chi connectivity index (χ0n) is 8.48. The van der Waals surface area contributed by atoms with Crippen molar-refractivity contribution in [2.45, 2.75) is 31.8 Å². The average molecular weight is 192 g/mol. The van der Waals surface area contributed by atoms with Gasteiger partial charge in [-0.25, -0.2) is 0 Å². The molecule has 0 aromatic carbocycles. The minimum absolute atomic E-state index is 0.608. The van der Waals surface area contributed by atoms with E-state index in [1.807, 2.05) is 11.6 Å². The maximum absolute atomic E-state index is 4.03. The summed E-state index contributed by atoms with van der Waals surface area (Å²) in [6.45, 7) is 0.814. The molecule has 0 saturated carbocycles. The summed E-state index contributed by atoms with van der Waals surface area (Å²) in [5.74, 6) is 1.000. The van der Waals surface area contributed by atoms with Gasteiger partial charge in [0.1, 0.15) is 12.2 Å². The Hall–Kier alpha value is -1.16. The fraction of sp³-hybridized carbons (Fsp3) is 0.600. The Labute approximate surface area is 84.0 Å². The molecule has 0 radical (unpaired) electrons. The number of hydrogen-bond acceptors (Lipinski definition) is 3. The van der Waals surface area contributed by atoms with Crippen molar-refractivity contribution in [3.05, 3.63) is 24.3 Å². The standard InChI is InChI=1S/C10H16N4/c1-14-8-12-13-10(14)7-11-9-5-3-2-4-6-9/h2-3,8-9,11H,4-7H2,1H3. The molecule has 1 aliphatic carbocycles. The average Bonchev–Trinajstić information content (AvgIpc) is 2.63. The number of nitrogens with one attached hydrogen (secondary N) is 1. The lowest BCUT2D eigenvalue weighted by atomic mass is 10.0. The Morgan fingerprint density at radius 1 is 1.57 bits per heavy atom. The van der Waals surface area contributed by atoms with Crippen molar-refractivity contribution in [3.63, 3.8) is 0 Å². The third-order valence-corrected chi connectivity index (χ3v) is 2.62. The molecule has 76 valence electrons. The summed E-state index contributed by atoms with van der Waals surface area (Å²) in [4.78, 5) is 0. The van der Waals surface area contributed by atoms with Crippen LogP contribution in [0.2, 0.25) is 0 Å². The highest BCUT2D eigenvalue weighted by Gasteiger charge is 2.09. The van der Waals surface area contributed by atoms with Crippen molar-refractivity contribution in [2.75, 3.05) is 0 Å². The third-order valence-electron chi connectivity index (χ3n) is 2.62. The summed E-state index contributed by atoms with van der Waals surface area (Å²) >= 11 is 0. The second-order valence-electron chi connectivity index (χ2n) is 3.72. The van der Waals surface area contributed by atoms with Gasteiger partial charge in [-0.1, -0.05) is 12.2 Å². The summed E-state index contributed by atoms with van der Waals surface area (Å²) in [7, 11) is 1.97. The molecule has 0 fully saturated rings. The van der Waals surface area contributed by atoms with Crippen LogP contribution in [0.25, 0.3) is 0 Å². The van der Waals surface area contributed by atoms with E-state index in [0.717, 1.165) is 18.8 Å². The molecule has 0 spiro atoms. The molecule has 0 saturated heterocycles. The third kappa shape index (κ3) is 2.20. The Bertz CT molecular complexity index is 316. The lowest BCUT2D eigenvalue weighted by molar-refractivity contribution is 0.462. The van der Waals surface area contributed by atoms with Crippen molar-refractivity contribution >= 4 is 0 Å². The van der Waals surface area contributed by atoms with Gasteiger partial charge in [-0.3, -0.25) is 0 Å². The maximum atomic E-state index is 4.03. The molecular formula is C10H16N4. The molecule has 1 aromatic heterocycles. The molecule has 0 bridgehead atoms. The van der Waals surface area contributed by atoms with Gasteiger partial charge in [0.05, 0.1) is 6.54 Å². The Morgan fingerprint density at radius 2 is 2.50 bits per heavy atom. The van der Waals surface area contributed by atoms with Crippen LogP contribution in [-0.4, -0.2) is 20.8 Å². The highest BCUT2D eigenvalue weighted by molar-refractivity contribution is 4.94. The fourth-order valence-corrected chi connectivity index (χ4v) is 1.68. The molecule has 2 rings (SSSR count). The molecule has 4 nitrogen and oxygen atoms in total. The highest BCUT2D eigenvalue weighted by atomic mass is 15.3. The number of allylic oxidation sites excluding steroid dienone is 1. The first-order valence-corrected chi connectivity index (χ1v) is 5.07. The summed E-state index contributed by atoms with van der Waals surface area (Å²) in [5.41, 5.74) is 0. The molecule has 1 aliphatic rings. The van der Waals surface area contributed by atoms with Crippen molar-refractivity contribution < 1.29 is 0 Å². The largest absolute Gasteiger partial charge is 0.320 e. The van der Waals surface area contributed by atoms with Gasteiger partial charge in [0.15, 0.2) is 0 Å². The lowest BCUT2D eigenvalue weighted by Crippen LogP contribution is -2.30. The van der Waals surface area contributed by atoms with Gasteiger partial charge < -0.3 is 9.88 Å². The van der Waals surface area contributed by atoms with Crippen LogP contribution in [0.1, 0.15) is 25.1 Å². The number of nitrogens with zero attached hydrogens (tertiary/aromatic N) is 3. The van der Waals surface area contributed by atoms with E-state index >= 15 is 0 Å². The van der Waals surface area contributed by atoms with Crippen molar-refractivity contribution in [2.24, 2.45) is 7.05 Å². The molecule has 0 amide bonds. The van der Waals surface area contributed by atoms with Crippen LogP contribution in [0.4, 0.5) is 0 Å². The predicted octanol–water partition coefficient (Wildman–Crippen LogP) is 1.01. The highest BCUT2D eigenvalue weighted by Crippen LogP contribution is 2.10. The van der Waals surface area contributed by atoms with Crippen molar-refractivity contribution in [1.82, 2.24) is 20.1 Å². The normalized spacial score (nSPS) is 21.4. The zero-order valence-corrected chi connectivity index (χ0v) is 8.48. The van der Waals surface area contributed by atoms with Crippen LogP contribution in [0.15, 0.2) is 18.5 Å². The Morgan fingerprint density at radius 3 is 3.14 bits per heavy atom. The second-order valence-corrected chi connectivity index (χ2v) is 3.72. The van der Waals surface area contributed by atoms with E-state index in [-0.39, 0.29) is 0 Å². The van der Waals surface area contributed by atoms with Crippen molar-refractivity contribution in [1.29, 1.82) is 0 Å². The molecule has 14 heavy (non-hydrogen) atoms. The van der Waals surface area contributed by atoms with E-state index in [1.165, 1.54) is 12.8 Å². The summed E-state index contributed by atoms with van der Waals surface area (Å²) in [6.07, 6.45) is 9.79. The molecule has 1 atom stereocenters. The number of aromatic nitrogens is 3. The van der Waals surface area contributed by atoms with Crippen molar-refractivity contribution in [3.8, 4) is 0 Å². The van der Waals surface area contributed by atoms with Gasteiger partial charge in [-0.15, -0.1) is 10.2 Å². The van der Waals surface area contributed by atoms with Gasteiger partial charge in [0, 0.05) is 13.1 Å². The van der Waals surface area contributed by atoms with Crippen LogP contribution in [0, 0.1) is 0 Å². The van der Waals surface area contributed by atoms with Crippen LogP contribution >= 0.6 is 0 Å². The minimum Gasteiger partial charge on any atom is -0.320 e. The maximum Gasteiger partial charge on any atom is 0.146 e. The topological polar surface area (TPSA) is 42.7 Å². The van der Waals surface area contributed by atoms with Gasteiger partial charge in [0.2, 0.25) is 0 Å². The molecule has 1 unspecified atom stereocenters. The van der Waals surface area contributed by atoms with E-state index in [9.17, 15) is 0 Å². The van der Waals surface area contributed by atoms with E-state index in [0.29, 0.717) is 6.04 Å². The fourth-order valence-electron chi connectivity index (χ4n) is 1.68. The summed E-state index contributed by atoms with van der Waals surface area (Å²) in [5, 5.41) is 11.4. The van der Waals surface area contributed by atoms with Crippen LogP contribution in [0.3, 0.4) is 0 Å². The Balaban J connectivity index is 1.82. The number of aryl methyl sites for hydroxylation is 1. The van der Waals surface area contributed by atoms with Crippen LogP contribution in [0.5, 0.6) is 0 Å². The molecule has 0 aliphatic heterocycles. The molecule has 1 aromatic rings. The van der Waals surface area contributed by atoms with Gasteiger partial charge in [0.25, 0.3) is 0 Å². The first-order chi connectivity index (χ1) is 6.86. The van der Waals surface area contributed by atoms with Gasteiger partial charge in [-0.2, -0.15) is 0 Å². The minimum atomic E-state index is 0.608. The van der Waals surface area contributed by atoms with Gasteiger partial charge in [-0.05, 0) is 19.3 Å². The Kier molecular flexibility index (Phi) is 2.93. The zero-order chi connectivity index (χ0) is 9.80.